The van der Waals surface area contributed by atoms with Gasteiger partial charge in [-0.05, 0) is 32.4 Å². The second-order valence-corrected chi connectivity index (χ2v) is 7.68. The van der Waals surface area contributed by atoms with Crippen LogP contribution in [0.15, 0.2) is 18.2 Å². The fourth-order valence-electron chi connectivity index (χ4n) is 2.04. The zero-order valence-electron chi connectivity index (χ0n) is 12.5. The van der Waals surface area contributed by atoms with Gasteiger partial charge in [0.15, 0.2) is 0 Å². The molecule has 1 rings (SSSR count). The van der Waals surface area contributed by atoms with E-state index >= 15 is 0 Å². The van der Waals surface area contributed by atoms with Crippen LogP contribution >= 0.6 is 34.8 Å². The van der Waals surface area contributed by atoms with Crippen molar-refractivity contribution in [3.63, 3.8) is 0 Å². The Morgan fingerprint density at radius 2 is 1.95 bits per heavy atom. The lowest BCUT2D eigenvalue weighted by Gasteiger charge is -2.31. The van der Waals surface area contributed by atoms with Crippen molar-refractivity contribution in [1.29, 1.82) is 0 Å². The number of halogens is 3. The molecular weight excluding hydrogens is 353 g/mol. The van der Waals surface area contributed by atoms with Gasteiger partial charge in [0.2, 0.25) is 0 Å². The summed E-state index contributed by atoms with van der Waals surface area (Å²) in [6.07, 6.45) is -0.264. The van der Waals surface area contributed by atoms with Gasteiger partial charge in [0.1, 0.15) is 15.7 Å². The van der Waals surface area contributed by atoms with Crippen molar-refractivity contribution in [3.05, 3.63) is 33.9 Å². The fourth-order valence-corrected chi connectivity index (χ4v) is 2.73. The zero-order valence-corrected chi connectivity index (χ0v) is 14.7. The Morgan fingerprint density at radius 3 is 2.36 bits per heavy atom. The summed E-state index contributed by atoms with van der Waals surface area (Å²) in [7, 11) is 0. The molecule has 0 aliphatic heterocycles. The molecule has 0 spiro atoms. The molecule has 1 N–H and O–H groups in total. The minimum Gasteiger partial charge on any atom is -0.491 e. The first-order valence-corrected chi connectivity index (χ1v) is 7.89. The third-order valence-corrected chi connectivity index (χ3v) is 3.54. The van der Waals surface area contributed by atoms with Crippen LogP contribution in [0.4, 0.5) is 5.69 Å². The third kappa shape index (κ3) is 5.47. The lowest BCUT2D eigenvalue weighted by Crippen LogP contribution is -2.33. The van der Waals surface area contributed by atoms with E-state index in [0.29, 0.717) is 0 Å². The predicted molar refractivity (Wildman–Crippen MR) is 88.2 cm³/mol. The van der Waals surface area contributed by atoms with E-state index in [1.165, 1.54) is 25.1 Å². The summed E-state index contributed by atoms with van der Waals surface area (Å²) in [4.78, 5) is 10.5. The standard InChI is InChI=1S/C14H18Cl3NO4/c1-9(2)22-12-5-10(4-11(6-12)18(20)21)14(19,8-15)7-13(3,16)17/h4-6,9,19H,7-8H2,1-3H3. The summed E-state index contributed by atoms with van der Waals surface area (Å²) in [6.45, 7) is 5.10. The van der Waals surface area contributed by atoms with Gasteiger partial charge >= 0.3 is 0 Å². The van der Waals surface area contributed by atoms with Gasteiger partial charge in [0.25, 0.3) is 5.69 Å². The summed E-state index contributed by atoms with van der Waals surface area (Å²) in [5.74, 6) is 0.0539. The van der Waals surface area contributed by atoms with Crippen molar-refractivity contribution in [2.24, 2.45) is 0 Å². The number of aliphatic hydroxyl groups is 1. The van der Waals surface area contributed by atoms with Gasteiger partial charge in [-0.15, -0.1) is 34.8 Å². The topological polar surface area (TPSA) is 72.6 Å². The number of nitrogens with zero attached hydrogens (tertiary/aromatic N) is 1. The van der Waals surface area contributed by atoms with Crippen molar-refractivity contribution in [2.75, 3.05) is 5.88 Å². The third-order valence-electron chi connectivity index (χ3n) is 2.84. The van der Waals surface area contributed by atoms with Crippen LogP contribution in [-0.2, 0) is 5.60 Å². The number of hydrogen-bond donors (Lipinski definition) is 1. The average Bonchev–Trinajstić information content (AvgIpc) is 2.35. The van der Waals surface area contributed by atoms with E-state index in [0.717, 1.165) is 0 Å². The first kappa shape index (κ1) is 19.3. The number of non-ortho nitro benzene ring substituents is 1. The van der Waals surface area contributed by atoms with Crippen LogP contribution in [0.3, 0.4) is 0 Å². The molecule has 0 aliphatic carbocycles. The quantitative estimate of drug-likeness (QED) is 0.439. The zero-order chi connectivity index (χ0) is 17.1. The summed E-state index contributed by atoms with van der Waals surface area (Å²) < 4.78 is 4.25. The Hall–Kier alpha value is -0.750. The van der Waals surface area contributed by atoms with Crippen LogP contribution in [0.1, 0.15) is 32.8 Å². The number of nitro groups is 1. The summed E-state index contributed by atoms with van der Waals surface area (Å²) in [5, 5.41) is 21.8. The lowest BCUT2D eigenvalue weighted by molar-refractivity contribution is -0.385. The Labute approximate surface area is 144 Å². The van der Waals surface area contributed by atoms with Gasteiger partial charge in [-0.1, -0.05) is 0 Å². The highest BCUT2D eigenvalue weighted by Crippen LogP contribution is 2.40. The molecule has 0 amide bonds. The van der Waals surface area contributed by atoms with E-state index in [1.54, 1.807) is 13.8 Å². The minimum absolute atomic E-state index is 0.0884. The van der Waals surface area contributed by atoms with Crippen molar-refractivity contribution in [3.8, 4) is 5.75 Å². The first-order valence-electron chi connectivity index (χ1n) is 6.59. The molecule has 1 unspecified atom stereocenters. The highest BCUT2D eigenvalue weighted by Gasteiger charge is 2.37. The van der Waals surface area contributed by atoms with Gasteiger partial charge in [0, 0.05) is 12.5 Å². The van der Waals surface area contributed by atoms with Crippen molar-refractivity contribution in [1.82, 2.24) is 0 Å². The van der Waals surface area contributed by atoms with Gasteiger partial charge < -0.3 is 9.84 Å². The van der Waals surface area contributed by atoms with Crippen molar-refractivity contribution in [2.45, 2.75) is 43.2 Å². The van der Waals surface area contributed by atoms with Gasteiger partial charge in [-0.25, -0.2) is 0 Å². The molecule has 0 heterocycles. The van der Waals surface area contributed by atoms with Gasteiger partial charge in [-0.2, -0.15) is 0 Å². The molecule has 0 saturated carbocycles. The molecule has 5 nitrogen and oxygen atoms in total. The lowest BCUT2D eigenvalue weighted by atomic mass is 9.90. The summed E-state index contributed by atoms with van der Waals surface area (Å²) in [5.41, 5.74) is -1.58. The van der Waals surface area contributed by atoms with E-state index in [9.17, 15) is 15.2 Å². The van der Waals surface area contributed by atoms with Crippen LogP contribution in [0.5, 0.6) is 5.75 Å². The van der Waals surface area contributed by atoms with E-state index < -0.39 is 14.9 Å². The number of alkyl halides is 3. The molecular formula is C14H18Cl3NO4. The molecule has 22 heavy (non-hydrogen) atoms. The SMILES string of the molecule is CC(C)Oc1cc([N+](=O)[O-])cc(C(O)(CCl)CC(C)(Cl)Cl)c1. The molecule has 0 aliphatic rings. The highest BCUT2D eigenvalue weighted by atomic mass is 35.5. The molecule has 0 saturated heterocycles. The Balaban J connectivity index is 3.36. The maximum absolute atomic E-state index is 11.1. The molecule has 1 aromatic carbocycles. The maximum atomic E-state index is 11.1. The first-order chi connectivity index (χ1) is 9.97. The smallest absolute Gasteiger partial charge is 0.273 e. The molecule has 8 heteroatoms. The largest absolute Gasteiger partial charge is 0.491 e. The Bertz CT molecular complexity index is 545. The van der Waals surface area contributed by atoms with Crippen LogP contribution in [0.2, 0.25) is 0 Å². The van der Waals surface area contributed by atoms with Crippen LogP contribution in [-0.4, -0.2) is 26.3 Å². The molecule has 124 valence electrons. The number of nitro benzene ring substituents is 1. The van der Waals surface area contributed by atoms with E-state index in [2.05, 4.69) is 0 Å². The van der Waals surface area contributed by atoms with Crippen LogP contribution < -0.4 is 4.74 Å². The number of hydrogen-bond acceptors (Lipinski definition) is 4. The highest BCUT2D eigenvalue weighted by molar-refractivity contribution is 6.48. The van der Waals surface area contributed by atoms with Gasteiger partial charge in [0.05, 0.1) is 23.0 Å². The Morgan fingerprint density at radius 1 is 1.36 bits per heavy atom. The summed E-state index contributed by atoms with van der Waals surface area (Å²) >= 11 is 17.8. The van der Waals surface area contributed by atoms with Crippen LogP contribution in [0, 0.1) is 10.1 Å². The van der Waals surface area contributed by atoms with E-state index in [4.69, 9.17) is 39.5 Å². The monoisotopic (exact) mass is 369 g/mol. The normalized spacial score (nSPS) is 14.7. The second kappa shape index (κ2) is 7.21. The molecule has 1 atom stereocenters. The number of rotatable bonds is 7. The fraction of sp³-hybridized carbons (Fsp3) is 0.571. The van der Waals surface area contributed by atoms with Gasteiger partial charge in [-0.3, -0.25) is 10.1 Å². The van der Waals surface area contributed by atoms with Crippen molar-refractivity contribution >= 4 is 40.5 Å². The number of benzene rings is 1. The number of ether oxygens (including phenoxy) is 1. The maximum Gasteiger partial charge on any atom is 0.273 e. The molecule has 0 radical (unpaired) electrons. The van der Waals surface area contributed by atoms with Crippen molar-refractivity contribution < 1.29 is 14.8 Å². The minimum atomic E-state index is -1.61. The van der Waals surface area contributed by atoms with Crippen LogP contribution in [0.25, 0.3) is 0 Å². The molecule has 0 aromatic heterocycles. The molecule has 0 fully saturated rings. The Kier molecular flexibility index (Phi) is 6.33. The predicted octanol–water partition coefficient (Wildman–Crippen LogP) is 4.39. The van der Waals surface area contributed by atoms with E-state index in [-0.39, 0.29) is 35.4 Å². The van der Waals surface area contributed by atoms with E-state index in [1.807, 2.05) is 0 Å². The summed E-state index contributed by atoms with van der Waals surface area (Å²) in [6, 6.07) is 4.04. The molecule has 1 aromatic rings. The second-order valence-electron chi connectivity index (χ2n) is 5.55. The molecule has 0 bridgehead atoms. The average molecular weight is 371 g/mol.